The number of rotatable bonds is 6. The molecule has 0 aromatic rings. The molecule has 1 N–H and O–H groups in total. The molecule has 0 saturated carbocycles. The van der Waals surface area contributed by atoms with Crippen molar-refractivity contribution in [1.82, 2.24) is 10.2 Å². The van der Waals surface area contributed by atoms with Gasteiger partial charge in [0.2, 0.25) is 0 Å². The van der Waals surface area contributed by atoms with Crippen LogP contribution in [0, 0.1) is 5.92 Å². The molecule has 1 heterocycles. The maximum atomic E-state index is 5.93. The quantitative estimate of drug-likeness (QED) is 0.810. The van der Waals surface area contributed by atoms with Gasteiger partial charge in [-0.3, -0.25) is 4.90 Å². The fourth-order valence-electron chi connectivity index (χ4n) is 2.87. The van der Waals surface area contributed by atoms with Gasteiger partial charge in [-0.1, -0.05) is 20.8 Å². The van der Waals surface area contributed by atoms with Gasteiger partial charge in [-0.15, -0.1) is 0 Å². The lowest BCUT2D eigenvalue weighted by atomic mass is 9.91. The van der Waals surface area contributed by atoms with E-state index in [4.69, 9.17) is 4.74 Å². The summed E-state index contributed by atoms with van der Waals surface area (Å²) in [5.74, 6) is 0.749. The first-order chi connectivity index (χ1) is 9.15. The van der Waals surface area contributed by atoms with Gasteiger partial charge in [-0.25, -0.2) is 0 Å². The number of hydrogen-bond donors (Lipinski definition) is 1. The molecular formula is C17H36N2O. The van der Waals surface area contributed by atoms with E-state index in [2.05, 4.69) is 58.7 Å². The second-order valence-electron chi connectivity index (χ2n) is 8.01. The molecule has 0 bridgehead atoms. The fourth-order valence-corrected chi connectivity index (χ4v) is 2.87. The number of ether oxygens (including phenoxy) is 1. The Bertz CT molecular complexity index is 285. The van der Waals surface area contributed by atoms with E-state index in [-0.39, 0.29) is 11.1 Å². The van der Waals surface area contributed by atoms with Crippen molar-refractivity contribution in [3.05, 3.63) is 0 Å². The number of hydrogen-bond acceptors (Lipinski definition) is 3. The third kappa shape index (κ3) is 6.11. The van der Waals surface area contributed by atoms with Crippen molar-refractivity contribution in [3.8, 4) is 0 Å². The molecule has 2 atom stereocenters. The second kappa shape index (κ2) is 7.24. The summed E-state index contributed by atoms with van der Waals surface area (Å²) in [6.45, 7) is 19.8. The van der Waals surface area contributed by atoms with Crippen LogP contribution in [0.2, 0.25) is 0 Å². The first-order valence-corrected chi connectivity index (χ1v) is 8.28. The molecule has 3 heteroatoms. The van der Waals surface area contributed by atoms with Crippen LogP contribution < -0.4 is 5.32 Å². The summed E-state index contributed by atoms with van der Waals surface area (Å²) in [6.07, 6.45) is 2.44. The Balaban J connectivity index is 2.57. The second-order valence-corrected chi connectivity index (χ2v) is 8.01. The summed E-state index contributed by atoms with van der Waals surface area (Å²) in [6, 6.07) is 0.651. The van der Waals surface area contributed by atoms with Gasteiger partial charge in [-0.05, 0) is 46.5 Å². The Kier molecular flexibility index (Phi) is 6.49. The first kappa shape index (κ1) is 17.9. The summed E-state index contributed by atoms with van der Waals surface area (Å²) in [5.41, 5.74) is 0.227. The van der Waals surface area contributed by atoms with Gasteiger partial charge in [0, 0.05) is 31.2 Å². The van der Waals surface area contributed by atoms with Crippen LogP contribution in [0.25, 0.3) is 0 Å². The maximum absolute atomic E-state index is 5.93. The van der Waals surface area contributed by atoms with E-state index in [0.717, 1.165) is 32.2 Å². The molecule has 0 radical (unpaired) electrons. The standard InChI is InChI=1S/C17H36N2O/c1-8-17(7)13-19(9-10-20-16(4,5)6)15(12-18-17)11-14(2)3/h14-15,18H,8-13H2,1-7H3. The minimum atomic E-state index is -0.0321. The van der Waals surface area contributed by atoms with Gasteiger partial charge in [-0.2, -0.15) is 0 Å². The van der Waals surface area contributed by atoms with E-state index in [0.29, 0.717) is 6.04 Å². The van der Waals surface area contributed by atoms with E-state index in [9.17, 15) is 0 Å². The Morgan fingerprint density at radius 3 is 2.50 bits per heavy atom. The van der Waals surface area contributed by atoms with Crippen LogP contribution in [0.1, 0.15) is 61.3 Å². The highest BCUT2D eigenvalue weighted by Gasteiger charge is 2.34. The van der Waals surface area contributed by atoms with Crippen LogP contribution in [0.4, 0.5) is 0 Å². The van der Waals surface area contributed by atoms with Crippen molar-refractivity contribution in [2.45, 2.75) is 78.5 Å². The van der Waals surface area contributed by atoms with Crippen molar-refractivity contribution in [2.75, 3.05) is 26.2 Å². The zero-order chi connectivity index (χ0) is 15.4. The normalized spacial score (nSPS) is 29.1. The zero-order valence-electron chi connectivity index (χ0n) is 14.8. The Morgan fingerprint density at radius 1 is 1.35 bits per heavy atom. The summed E-state index contributed by atoms with van der Waals surface area (Å²) >= 11 is 0. The molecule has 120 valence electrons. The first-order valence-electron chi connectivity index (χ1n) is 8.28. The van der Waals surface area contributed by atoms with Crippen molar-refractivity contribution in [1.29, 1.82) is 0 Å². The molecular weight excluding hydrogens is 248 g/mol. The molecule has 1 aliphatic heterocycles. The van der Waals surface area contributed by atoms with Crippen LogP contribution in [0.5, 0.6) is 0 Å². The molecule has 2 unspecified atom stereocenters. The Labute approximate surface area is 126 Å². The van der Waals surface area contributed by atoms with Gasteiger partial charge in [0.25, 0.3) is 0 Å². The zero-order valence-corrected chi connectivity index (χ0v) is 14.8. The molecule has 1 fully saturated rings. The third-order valence-corrected chi connectivity index (χ3v) is 4.27. The highest BCUT2D eigenvalue weighted by Crippen LogP contribution is 2.22. The SMILES string of the molecule is CCC1(C)CN(CCOC(C)(C)C)C(CC(C)C)CN1. The molecule has 1 aliphatic rings. The highest BCUT2D eigenvalue weighted by molar-refractivity contribution is 4.94. The van der Waals surface area contributed by atoms with Crippen LogP contribution in [0.15, 0.2) is 0 Å². The molecule has 3 nitrogen and oxygen atoms in total. The van der Waals surface area contributed by atoms with E-state index in [1.54, 1.807) is 0 Å². The van der Waals surface area contributed by atoms with Gasteiger partial charge in [0.05, 0.1) is 12.2 Å². The molecule has 0 spiro atoms. The minimum Gasteiger partial charge on any atom is -0.375 e. The topological polar surface area (TPSA) is 24.5 Å². The summed E-state index contributed by atoms with van der Waals surface area (Å²) < 4.78 is 5.93. The summed E-state index contributed by atoms with van der Waals surface area (Å²) in [7, 11) is 0. The van der Waals surface area contributed by atoms with Gasteiger partial charge in [0.1, 0.15) is 0 Å². The van der Waals surface area contributed by atoms with Gasteiger partial charge < -0.3 is 10.1 Å². The predicted octanol–water partition coefficient (Wildman–Crippen LogP) is 3.29. The average molecular weight is 284 g/mol. The molecule has 0 aromatic heterocycles. The van der Waals surface area contributed by atoms with Crippen LogP contribution >= 0.6 is 0 Å². The number of nitrogens with zero attached hydrogens (tertiary/aromatic N) is 1. The van der Waals surface area contributed by atoms with Crippen LogP contribution in [0.3, 0.4) is 0 Å². The van der Waals surface area contributed by atoms with E-state index < -0.39 is 0 Å². The molecule has 1 rings (SSSR count). The molecule has 20 heavy (non-hydrogen) atoms. The number of nitrogens with one attached hydrogen (secondary N) is 1. The molecule has 1 saturated heterocycles. The molecule has 0 amide bonds. The lowest BCUT2D eigenvalue weighted by Crippen LogP contribution is -2.63. The lowest BCUT2D eigenvalue weighted by molar-refractivity contribution is -0.0287. The van der Waals surface area contributed by atoms with Crippen LogP contribution in [-0.4, -0.2) is 48.3 Å². The predicted molar refractivity (Wildman–Crippen MR) is 87.2 cm³/mol. The van der Waals surface area contributed by atoms with Gasteiger partial charge >= 0.3 is 0 Å². The smallest absolute Gasteiger partial charge is 0.0600 e. The average Bonchev–Trinajstić information content (AvgIpc) is 2.31. The fraction of sp³-hybridized carbons (Fsp3) is 1.00. The van der Waals surface area contributed by atoms with Crippen molar-refractivity contribution < 1.29 is 4.74 Å². The summed E-state index contributed by atoms with van der Waals surface area (Å²) in [5, 5.41) is 3.75. The molecule has 0 aliphatic carbocycles. The lowest BCUT2D eigenvalue weighted by Gasteiger charge is -2.46. The highest BCUT2D eigenvalue weighted by atomic mass is 16.5. The Morgan fingerprint density at radius 2 is 2.00 bits per heavy atom. The van der Waals surface area contributed by atoms with E-state index in [1.807, 2.05) is 0 Å². The third-order valence-electron chi connectivity index (χ3n) is 4.27. The van der Waals surface area contributed by atoms with E-state index in [1.165, 1.54) is 12.8 Å². The maximum Gasteiger partial charge on any atom is 0.0600 e. The number of piperazine rings is 1. The minimum absolute atomic E-state index is 0.0321. The van der Waals surface area contributed by atoms with Crippen LogP contribution in [-0.2, 0) is 4.74 Å². The summed E-state index contributed by atoms with van der Waals surface area (Å²) in [4.78, 5) is 2.64. The van der Waals surface area contributed by atoms with Crippen molar-refractivity contribution in [2.24, 2.45) is 5.92 Å². The van der Waals surface area contributed by atoms with Gasteiger partial charge in [0.15, 0.2) is 0 Å². The monoisotopic (exact) mass is 284 g/mol. The Hall–Kier alpha value is -0.120. The molecule has 0 aromatic carbocycles. The van der Waals surface area contributed by atoms with Crippen molar-refractivity contribution >= 4 is 0 Å². The van der Waals surface area contributed by atoms with Crippen molar-refractivity contribution in [3.63, 3.8) is 0 Å². The largest absolute Gasteiger partial charge is 0.375 e. The van der Waals surface area contributed by atoms with E-state index >= 15 is 0 Å².